The zero-order valence-electron chi connectivity index (χ0n) is 6.54. The van der Waals surface area contributed by atoms with Gasteiger partial charge in [0.05, 0.1) is 12.5 Å². The molecular formula is C8H10ClNO. The first-order chi connectivity index (χ1) is 5.25. The number of hydrogen-bond acceptors (Lipinski definition) is 2. The maximum atomic E-state index is 5.87. The molecule has 0 N–H and O–H groups in total. The molecule has 0 aromatic carbocycles. The van der Waals surface area contributed by atoms with Crippen LogP contribution in [0.5, 0.6) is 5.88 Å². The molecular weight excluding hydrogens is 162 g/mol. The average Bonchev–Trinajstić information content (AvgIpc) is 2.04. The summed E-state index contributed by atoms with van der Waals surface area (Å²) in [5.41, 5.74) is 0.927. The van der Waals surface area contributed by atoms with Crippen LogP contribution in [0.15, 0.2) is 18.3 Å². The van der Waals surface area contributed by atoms with Gasteiger partial charge in [-0.3, -0.25) is 0 Å². The molecule has 0 aliphatic heterocycles. The second-order valence-electron chi connectivity index (χ2n) is 2.22. The highest BCUT2D eigenvalue weighted by Gasteiger charge is 2.07. The molecule has 1 rings (SSSR count). The minimum absolute atomic E-state index is 0.0568. The van der Waals surface area contributed by atoms with Crippen molar-refractivity contribution in [3.63, 3.8) is 0 Å². The summed E-state index contributed by atoms with van der Waals surface area (Å²) in [6.07, 6.45) is 1.68. The Balaban J connectivity index is 3.02. The first kappa shape index (κ1) is 8.34. The van der Waals surface area contributed by atoms with Crippen LogP contribution in [0.1, 0.15) is 17.9 Å². The molecule has 0 aliphatic carbocycles. The van der Waals surface area contributed by atoms with E-state index in [9.17, 15) is 0 Å². The quantitative estimate of drug-likeness (QED) is 0.638. The molecule has 0 fully saturated rings. The molecule has 0 spiro atoms. The molecule has 1 heterocycles. The van der Waals surface area contributed by atoms with Gasteiger partial charge in [0.2, 0.25) is 5.88 Å². The minimum atomic E-state index is -0.0568. The number of ether oxygens (including phenoxy) is 1. The summed E-state index contributed by atoms with van der Waals surface area (Å²) in [5, 5.41) is -0.0568. The Hall–Kier alpha value is -0.760. The van der Waals surface area contributed by atoms with Crippen molar-refractivity contribution in [2.75, 3.05) is 7.11 Å². The van der Waals surface area contributed by atoms with Crippen molar-refractivity contribution >= 4 is 11.6 Å². The van der Waals surface area contributed by atoms with Gasteiger partial charge < -0.3 is 4.74 Å². The molecule has 1 aromatic rings. The van der Waals surface area contributed by atoms with Crippen LogP contribution in [-0.2, 0) is 0 Å². The lowest BCUT2D eigenvalue weighted by atomic mass is 10.2. The van der Waals surface area contributed by atoms with Crippen LogP contribution in [0.4, 0.5) is 0 Å². The smallest absolute Gasteiger partial charge is 0.217 e. The summed E-state index contributed by atoms with van der Waals surface area (Å²) in [6.45, 7) is 1.89. The van der Waals surface area contributed by atoms with Gasteiger partial charge in [-0.15, -0.1) is 11.6 Å². The second kappa shape index (κ2) is 3.58. The Bertz CT molecular complexity index is 237. The summed E-state index contributed by atoms with van der Waals surface area (Å²) >= 11 is 5.87. The third kappa shape index (κ3) is 1.84. The fourth-order valence-electron chi connectivity index (χ4n) is 0.877. The molecule has 11 heavy (non-hydrogen) atoms. The first-order valence-corrected chi connectivity index (χ1v) is 3.82. The van der Waals surface area contributed by atoms with Crippen LogP contribution in [0.25, 0.3) is 0 Å². The topological polar surface area (TPSA) is 22.1 Å². The number of rotatable bonds is 2. The predicted octanol–water partition coefficient (Wildman–Crippen LogP) is 2.39. The summed E-state index contributed by atoms with van der Waals surface area (Å²) < 4.78 is 5.01. The maximum absolute atomic E-state index is 5.87. The van der Waals surface area contributed by atoms with Gasteiger partial charge in [0.25, 0.3) is 0 Å². The van der Waals surface area contributed by atoms with Crippen molar-refractivity contribution in [2.24, 2.45) is 0 Å². The molecule has 1 atom stereocenters. The van der Waals surface area contributed by atoms with Gasteiger partial charge in [0, 0.05) is 11.8 Å². The Morgan fingerprint density at radius 1 is 1.64 bits per heavy atom. The molecule has 0 aliphatic rings. The van der Waals surface area contributed by atoms with E-state index in [0.29, 0.717) is 5.88 Å². The van der Waals surface area contributed by atoms with Gasteiger partial charge in [-0.2, -0.15) is 0 Å². The largest absolute Gasteiger partial charge is 0.481 e. The molecule has 1 unspecified atom stereocenters. The van der Waals surface area contributed by atoms with E-state index >= 15 is 0 Å². The molecule has 0 amide bonds. The summed E-state index contributed by atoms with van der Waals surface area (Å²) in [5.74, 6) is 0.606. The van der Waals surface area contributed by atoms with Crippen LogP contribution < -0.4 is 4.74 Å². The molecule has 0 saturated heterocycles. The van der Waals surface area contributed by atoms with Gasteiger partial charge in [-0.25, -0.2) is 4.98 Å². The van der Waals surface area contributed by atoms with Gasteiger partial charge >= 0.3 is 0 Å². The van der Waals surface area contributed by atoms with Crippen LogP contribution in [-0.4, -0.2) is 12.1 Å². The first-order valence-electron chi connectivity index (χ1n) is 3.38. The third-order valence-corrected chi connectivity index (χ3v) is 1.66. The molecule has 0 bridgehead atoms. The Morgan fingerprint density at radius 2 is 2.36 bits per heavy atom. The van der Waals surface area contributed by atoms with E-state index in [2.05, 4.69) is 4.98 Å². The second-order valence-corrected chi connectivity index (χ2v) is 2.87. The zero-order chi connectivity index (χ0) is 8.27. The Labute approximate surface area is 71.2 Å². The highest BCUT2D eigenvalue weighted by molar-refractivity contribution is 6.20. The standard InChI is InChI=1S/C8H10ClNO/c1-6(9)7-4-3-5-10-8(7)11-2/h3-6H,1-2H3. The molecule has 60 valence electrons. The van der Waals surface area contributed by atoms with Crippen molar-refractivity contribution < 1.29 is 4.74 Å². The monoisotopic (exact) mass is 171 g/mol. The van der Waals surface area contributed by atoms with Gasteiger partial charge in [-0.1, -0.05) is 6.07 Å². The van der Waals surface area contributed by atoms with Gasteiger partial charge in [-0.05, 0) is 13.0 Å². The Kier molecular flexibility index (Phi) is 2.71. The molecule has 1 aromatic heterocycles. The summed E-state index contributed by atoms with van der Waals surface area (Å²) in [6, 6.07) is 3.75. The lowest BCUT2D eigenvalue weighted by molar-refractivity contribution is 0.392. The van der Waals surface area contributed by atoms with E-state index in [1.807, 2.05) is 19.1 Å². The highest BCUT2D eigenvalue weighted by Crippen LogP contribution is 2.26. The van der Waals surface area contributed by atoms with E-state index in [4.69, 9.17) is 16.3 Å². The van der Waals surface area contributed by atoms with E-state index in [0.717, 1.165) is 5.56 Å². The predicted molar refractivity (Wildman–Crippen MR) is 45.1 cm³/mol. The molecule has 2 nitrogen and oxygen atoms in total. The van der Waals surface area contributed by atoms with Crippen molar-refractivity contribution in [2.45, 2.75) is 12.3 Å². The van der Waals surface area contributed by atoms with Crippen LogP contribution in [0.3, 0.4) is 0 Å². The highest BCUT2D eigenvalue weighted by atomic mass is 35.5. The van der Waals surface area contributed by atoms with Crippen LogP contribution >= 0.6 is 11.6 Å². The van der Waals surface area contributed by atoms with E-state index in [-0.39, 0.29) is 5.38 Å². The average molecular weight is 172 g/mol. The molecule has 0 radical (unpaired) electrons. The fourth-order valence-corrected chi connectivity index (χ4v) is 1.04. The normalized spacial score (nSPS) is 12.6. The van der Waals surface area contributed by atoms with Crippen molar-refractivity contribution in [1.82, 2.24) is 4.98 Å². The molecule has 3 heteroatoms. The number of alkyl halides is 1. The van der Waals surface area contributed by atoms with Crippen LogP contribution in [0.2, 0.25) is 0 Å². The minimum Gasteiger partial charge on any atom is -0.481 e. The zero-order valence-corrected chi connectivity index (χ0v) is 7.30. The van der Waals surface area contributed by atoms with Crippen LogP contribution in [0, 0.1) is 0 Å². The third-order valence-electron chi connectivity index (χ3n) is 1.42. The summed E-state index contributed by atoms with van der Waals surface area (Å²) in [4.78, 5) is 4.01. The number of aromatic nitrogens is 1. The number of halogens is 1. The number of nitrogens with zero attached hydrogens (tertiary/aromatic N) is 1. The lowest BCUT2D eigenvalue weighted by Crippen LogP contribution is -1.94. The maximum Gasteiger partial charge on any atom is 0.217 e. The van der Waals surface area contributed by atoms with Crippen molar-refractivity contribution in [3.05, 3.63) is 23.9 Å². The number of pyridine rings is 1. The fraction of sp³-hybridized carbons (Fsp3) is 0.375. The lowest BCUT2D eigenvalue weighted by Gasteiger charge is -2.07. The van der Waals surface area contributed by atoms with E-state index in [1.54, 1.807) is 13.3 Å². The molecule has 0 saturated carbocycles. The summed E-state index contributed by atoms with van der Waals surface area (Å²) in [7, 11) is 1.59. The van der Waals surface area contributed by atoms with E-state index < -0.39 is 0 Å². The number of methoxy groups -OCH3 is 1. The Morgan fingerprint density at radius 3 is 2.82 bits per heavy atom. The van der Waals surface area contributed by atoms with Gasteiger partial charge in [0.15, 0.2) is 0 Å². The van der Waals surface area contributed by atoms with Gasteiger partial charge in [0.1, 0.15) is 0 Å². The SMILES string of the molecule is COc1ncccc1C(C)Cl. The number of hydrogen-bond donors (Lipinski definition) is 0. The van der Waals surface area contributed by atoms with Crippen molar-refractivity contribution in [3.8, 4) is 5.88 Å². The van der Waals surface area contributed by atoms with E-state index in [1.165, 1.54) is 0 Å². The van der Waals surface area contributed by atoms with Crippen molar-refractivity contribution in [1.29, 1.82) is 0 Å².